The molecule has 1 N–H and O–H groups in total. The first kappa shape index (κ1) is 17.5. The van der Waals surface area contributed by atoms with Crippen LogP contribution in [0.2, 0.25) is 0 Å². The predicted octanol–water partition coefficient (Wildman–Crippen LogP) is 4.55. The lowest BCUT2D eigenvalue weighted by Gasteiger charge is -2.09. The molecule has 4 rings (SSSR count). The molecule has 0 radical (unpaired) electrons. The van der Waals surface area contributed by atoms with E-state index < -0.39 is 17.6 Å². The van der Waals surface area contributed by atoms with E-state index in [1.165, 1.54) is 34.7 Å². The summed E-state index contributed by atoms with van der Waals surface area (Å²) in [4.78, 5) is 16.6. The molecule has 1 amide bonds. The Labute approximate surface area is 151 Å². The zero-order valence-electron chi connectivity index (χ0n) is 14.1. The molecule has 27 heavy (non-hydrogen) atoms. The molecule has 0 unspecified atom stereocenters. The van der Waals surface area contributed by atoms with Crippen LogP contribution in [0.5, 0.6) is 0 Å². The Kier molecular flexibility index (Phi) is 4.13. The van der Waals surface area contributed by atoms with Crippen LogP contribution in [0.15, 0.2) is 42.6 Å². The largest absolute Gasteiger partial charge is 0.417 e. The van der Waals surface area contributed by atoms with Crippen molar-refractivity contribution in [1.29, 1.82) is 0 Å². The topological polar surface area (TPSA) is 46.4 Å². The van der Waals surface area contributed by atoms with Crippen LogP contribution in [0.1, 0.15) is 35.6 Å². The van der Waals surface area contributed by atoms with Crippen molar-refractivity contribution in [3.63, 3.8) is 0 Å². The number of nitrogens with one attached hydrogen (secondary N) is 1. The molecule has 140 valence electrons. The highest BCUT2D eigenvalue weighted by molar-refractivity contribution is 5.92. The van der Waals surface area contributed by atoms with Gasteiger partial charge in [0.25, 0.3) is 0 Å². The molecule has 1 aromatic carbocycles. The maximum Gasteiger partial charge on any atom is 0.417 e. The molecule has 1 saturated carbocycles. The van der Waals surface area contributed by atoms with Crippen LogP contribution in [-0.4, -0.2) is 15.3 Å². The molecule has 2 heterocycles. The molecule has 1 aliphatic carbocycles. The maximum atomic E-state index is 13.0. The monoisotopic (exact) mass is 377 g/mol. The average Bonchev–Trinajstić information content (AvgIpc) is 3.37. The molecular weight excluding hydrogens is 362 g/mol. The van der Waals surface area contributed by atoms with Crippen molar-refractivity contribution < 1.29 is 22.4 Å². The third kappa shape index (κ3) is 3.65. The average molecular weight is 377 g/mol. The summed E-state index contributed by atoms with van der Waals surface area (Å²) >= 11 is 0. The van der Waals surface area contributed by atoms with Crippen LogP contribution < -0.4 is 5.32 Å². The van der Waals surface area contributed by atoms with Crippen molar-refractivity contribution in [3.8, 4) is 0 Å². The van der Waals surface area contributed by atoms with Gasteiger partial charge in [0.05, 0.1) is 17.7 Å². The first-order valence-electron chi connectivity index (χ1n) is 8.45. The first-order chi connectivity index (χ1) is 12.8. The summed E-state index contributed by atoms with van der Waals surface area (Å²) in [5.41, 5.74) is 0.800. The molecule has 0 atom stereocenters. The van der Waals surface area contributed by atoms with Crippen molar-refractivity contribution in [3.05, 3.63) is 65.2 Å². The van der Waals surface area contributed by atoms with Gasteiger partial charge in [0.1, 0.15) is 11.5 Å². The third-order valence-corrected chi connectivity index (χ3v) is 4.48. The Balaban J connectivity index is 1.64. The molecule has 3 aromatic rings. The van der Waals surface area contributed by atoms with Crippen molar-refractivity contribution in [1.82, 2.24) is 9.38 Å². The Morgan fingerprint density at radius 3 is 2.48 bits per heavy atom. The van der Waals surface area contributed by atoms with Gasteiger partial charge in [-0.2, -0.15) is 13.2 Å². The lowest BCUT2D eigenvalue weighted by Crippen LogP contribution is -2.16. The van der Waals surface area contributed by atoms with Gasteiger partial charge in [-0.3, -0.25) is 4.79 Å². The van der Waals surface area contributed by atoms with Gasteiger partial charge in [0.2, 0.25) is 5.91 Å². The van der Waals surface area contributed by atoms with Gasteiger partial charge in [-0.1, -0.05) is 12.1 Å². The molecule has 8 heteroatoms. The second kappa shape index (κ2) is 6.37. The van der Waals surface area contributed by atoms with Crippen molar-refractivity contribution in [2.75, 3.05) is 5.32 Å². The third-order valence-electron chi connectivity index (χ3n) is 4.48. The van der Waals surface area contributed by atoms with Gasteiger partial charge in [0.15, 0.2) is 5.82 Å². The highest BCUT2D eigenvalue weighted by Gasteiger charge is 2.34. The van der Waals surface area contributed by atoms with E-state index in [0.29, 0.717) is 16.9 Å². The quantitative estimate of drug-likeness (QED) is 0.678. The number of halogens is 4. The van der Waals surface area contributed by atoms with Crippen LogP contribution in [-0.2, 0) is 17.4 Å². The number of nitrogens with zero attached hydrogens (tertiary/aromatic N) is 2. The summed E-state index contributed by atoms with van der Waals surface area (Å²) in [5.74, 6) is -0.396. The van der Waals surface area contributed by atoms with Crippen LogP contribution in [0.25, 0.3) is 5.65 Å². The second-order valence-electron chi connectivity index (χ2n) is 6.62. The number of amides is 1. The Morgan fingerprint density at radius 2 is 1.85 bits per heavy atom. The van der Waals surface area contributed by atoms with E-state index >= 15 is 0 Å². The van der Waals surface area contributed by atoms with E-state index in [1.54, 1.807) is 0 Å². The minimum Gasteiger partial charge on any atom is -0.309 e. The molecule has 1 aliphatic rings. The SMILES string of the molecule is O=C(Cc1ccc(F)cc1)Nc1nc2ccc(C(F)(F)F)cn2c1C1CC1. The van der Waals surface area contributed by atoms with E-state index in [2.05, 4.69) is 10.3 Å². The van der Waals surface area contributed by atoms with E-state index in [-0.39, 0.29) is 24.1 Å². The van der Waals surface area contributed by atoms with Crippen LogP contribution in [0.4, 0.5) is 23.4 Å². The van der Waals surface area contributed by atoms with Crippen molar-refractivity contribution >= 4 is 17.4 Å². The minimum absolute atomic E-state index is 0.0199. The van der Waals surface area contributed by atoms with Crippen LogP contribution >= 0.6 is 0 Å². The van der Waals surface area contributed by atoms with Gasteiger partial charge in [0, 0.05) is 12.1 Å². The van der Waals surface area contributed by atoms with Gasteiger partial charge >= 0.3 is 6.18 Å². The number of pyridine rings is 1. The van der Waals surface area contributed by atoms with E-state index in [1.807, 2.05) is 0 Å². The molecule has 0 aliphatic heterocycles. The van der Waals surface area contributed by atoms with Gasteiger partial charge in [-0.25, -0.2) is 9.37 Å². The van der Waals surface area contributed by atoms with E-state index in [9.17, 15) is 22.4 Å². The predicted molar refractivity (Wildman–Crippen MR) is 90.9 cm³/mol. The number of hydrogen-bond donors (Lipinski definition) is 1. The molecular formula is C19H15F4N3O. The molecule has 1 fully saturated rings. The van der Waals surface area contributed by atoms with Gasteiger partial charge in [-0.05, 0) is 42.7 Å². The molecule has 0 bridgehead atoms. The van der Waals surface area contributed by atoms with E-state index in [0.717, 1.165) is 25.1 Å². The van der Waals surface area contributed by atoms with Gasteiger partial charge in [-0.15, -0.1) is 0 Å². The Bertz CT molecular complexity index is 1000. The molecule has 2 aromatic heterocycles. The van der Waals surface area contributed by atoms with Crippen LogP contribution in [0.3, 0.4) is 0 Å². The lowest BCUT2D eigenvalue weighted by atomic mass is 10.1. The fourth-order valence-corrected chi connectivity index (χ4v) is 3.03. The first-order valence-corrected chi connectivity index (χ1v) is 8.45. The smallest absolute Gasteiger partial charge is 0.309 e. The molecule has 4 nitrogen and oxygen atoms in total. The molecule has 0 saturated heterocycles. The van der Waals surface area contributed by atoms with Crippen LogP contribution in [0, 0.1) is 5.82 Å². The normalized spacial score (nSPS) is 14.5. The maximum absolute atomic E-state index is 13.0. The summed E-state index contributed by atoms with van der Waals surface area (Å²) < 4.78 is 53.4. The summed E-state index contributed by atoms with van der Waals surface area (Å²) in [6, 6.07) is 7.82. The summed E-state index contributed by atoms with van der Waals surface area (Å²) in [7, 11) is 0. The van der Waals surface area contributed by atoms with E-state index in [4.69, 9.17) is 0 Å². The number of imidazole rings is 1. The van der Waals surface area contributed by atoms with Crippen molar-refractivity contribution in [2.45, 2.75) is 31.4 Å². The fraction of sp³-hybridized carbons (Fsp3) is 0.263. The number of alkyl halides is 3. The number of hydrogen-bond acceptors (Lipinski definition) is 2. The summed E-state index contributed by atoms with van der Waals surface area (Å²) in [6.45, 7) is 0. The number of anilines is 1. The standard InChI is InChI=1S/C19H15F4N3O/c20-14-6-1-11(2-7-14)9-16(27)25-18-17(12-3-4-12)26-10-13(19(21,22)23)5-8-15(26)24-18/h1-2,5-8,10,12H,3-4,9H2,(H,25,27). The molecule has 0 spiro atoms. The lowest BCUT2D eigenvalue weighted by molar-refractivity contribution is -0.137. The number of rotatable bonds is 4. The number of aromatic nitrogens is 2. The summed E-state index contributed by atoms with van der Waals surface area (Å²) in [6.07, 6.45) is -1.74. The number of carbonyl (C=O) groups is 1. The van der Waals surface area contributed by atoms with Gasteiger partial charge < -0.3 is 9.72 Å². The highest BCUT2D eigenvalue weighted by atomic mass is 19.4. The number of carbonyl (C=O) groups excluding carboxylic acids is 1. The number of benzene rings is 1. The fourth-order valence-electron chi connectivity index (χ4n) is 3.03. The zero-order valence-corrected chi connectivity index (χ0v) is 14.1. The van der Waals surface area contributed by atoms with Crippen molar-refractivity contribution in [2.24, 2.45) is 0 Å². The second-order valence-corrected chi connectivity index (χ2v) is 6.62. The summed E-state index contributed by atoms with van der Waals surface area (Å²) in [5, 5.41) is 2.70. The Hall–Kier alpha value is -2.90. The minimum atomic E-state index is -4.45. The highest BCUT2D eigenvalue weighted by Crippen LogP contribution is 2.44. The Morgan fingerprint density at radius 1 is 1.15 bits per heavy atom. The zero-order chi connectivity index (χ0) is 19.2. The number of fused-ring (bicyclic) bond motifs is 1.